The molecule has 0 radical (unpaired) electrons. The zero-order valence-electron chi connectivity index (χ0n) is 10.6. The molecule has 1 aromatic rings. The first-order chi connectivity index (χ1) is 7.84. The van der Waals surface area contributed by atoms with Gasteiger partial charge in [0.1, 0.15) is 0 Å². The number of anilines is 1. The fraction of sp³-hybridized carbons (Fsp3) is 0.500. The van der Waals surface area contributed by atoms with Crippen molar-refractivity contribution in [3.05, 3.63) is 23.8 Å². The molecule has 94 valence electrons. The Hall–Kier alpha value is -1.07. The number of hydrogen-bond acceptors (Lipinski definition) is 3. The molecule has 2 rings (SSSR count). The smallest absolute Gasteiger partial charge is 0.242 e. The first-order valence-electron chi connectivity index (χ1n) is 5.62. The molecular weight excluding hydrogens is 236 g/mol. The van der Waals surface area contributed by atoms with Crippen LogP contribution in [-0.2, 0) is 16.4 Å². The van der Waals surface area contributed by atoms with Crippen LogP contribution in [0.4, 0.5) is 5.69 Å². The van der Waals surface area contributed by atoms with Gasteiger partial charge in [-0.25, -0.2) is 12.7 Å². The molecule has 1 heterocycles. The van der Waals surface area contributed by atoms with Gasteiger partial charge in [0, 0.05) is 32.9 Å². The molecule has 0 aromatic heterocycles. The molecule has 0 spiro atoms. The van der Waals surface area contributed by atoms with Crippen molar-refractivity contribution >= 4 is 15.7 Å². The first-order valence-corrected chi connectivity index (χ1v) is 7.06. The molecular formula is C12H18N2O2S. The summed E-state index contributed by atoms with van der Waals surface area (Å²) in [6.45, 7) is 2.14. The van der Waals surface area contributed by atoms with E-state index in [4.69, 9.17) is 0 Å². The van der Waals surface area contributed by atoms with Crippen molar-refractivity contribution in [2.24, 2.45) is 0 Å². The number of sulfonamides is 1. The number of hydrogen-bond donors (Lipinski definition) is 0. The lowest BCUT2D eigenvalue weighted by Crippen LogP contribution is -2.24. The summed E-state index contributed by atoms with van der Waals surface area (Å²) in [6.07, 6.45) is 0.980. The molecule has 0 aliphatic carbocycles. The summed E-state index contributed by atoms with van der Waals surface area (Å²) < 4.78 is 25.3. The minimum atomic E-state index is -3.33. The fourth-order valence-corrected chi connectivity index (χ4v) is 3.03. The van der Waals surface area contributed by atoms with Crippen LogP contribution in [0, 0.1) is 0 Å². The van der Waals surface area contributed by atoms with E-state index in [0.717, 1.165) is 12.1 Å². The lowest BCUT2D eigenvalue weighted by Gasteiger charge is -2.19. The summed E-state index contributed by atoms with van der Waals surface area (Å²) in [5.74, 6) is 0. The van der Waals surface area contributed by atoms with Gasteiger partial charge in [-0.1, -0.05) is 6.07 Å². The Labute approximate surface area is 103 Å². The van der Waals surface area contributed by atoms with E-state index in [1.165, 1.54) is 9.87 Å². The summed E-state index contributed by atoms with van der Waals surface area (Å²) in [5.41, 5.74) is 2.25. The zero-order valence-corrected chi connectivity index (χ0v) is 11.5. The largest absolute Gasteiger partial charge is 0.371 e. The molecule has 0 N–H and O–H groups in total. The molecule has 1 aliphatic heterocycles. The molecule has 17 heavy (non-hydrogen) atoms. The van der Waals surface area contributed by atoms with Gasteiger partial charge in [-0.15, -0.1) is 0 Å². The third-order valence-electron chi connectivity index (χ3n) is 3.39. The topological polar surface area (TPSA) is 40.6 Å². The van der Waals surface area contributed by atoms with Gasteiger partial charge >= 0.3 is 0 Å². The molecule has 0 fully saturated rings. The van der Waals surface area contributed by atoms with E-state index in [2.05, 4.69) is 11.8 Å². The summed E-state index contributed by atoms with van der Waals surface area (Å²) in [7, 11) is 1.77. The highest BCUT2D eigenvalue weighted by Gasteiger charge is 2.26. The fourth-order valence-electron chi connectivity index (χ4n) is 2.11. The zero-order chi connectivity index (χ0) is 12.8. The van der Waals surface area contributed by atoms with Crippen LogP contribution in [0.15, 0.2) is 23.1 Å². The van der Waals surface area contributed by atoms with Gasteiger partial charge in [-0.2, -0.15) is 0 Å². The van der Waals surface area contributed by atoms with Crippen LogP contribution in [0.3, 0.4) is 0 Å². The van der Waals surface area contributed by atoms with E-state index in [-0.39, 0.29) is 0 Å². The minimum Gasteiger partial charge on any atom is -0.371 e. The summed E-state index contributed by atoms with van der Waals surface area (Å²) >= 11 is 0. The highest BCUT2D eigenvalue weighted by molar-refractivity contribution is 7.89. The van der Waals surface area contributed by atoms with Crippen LogP contribution in [-0.4, -0.2) is 39.9 Å². The Morgan fingerprint density at radius 3 is 2.59 bits per heavy atom. The first kappa shape index (κ1) is 12.4. The maximum atomic E-state index is 12.0. The summed E-state index contributed by atoms with van der Waals surface area (Å²) in [5, 5.41) is 0. The SMILES string of the molecule is CC1Cc2ccc(S(=O)(=O)N(C)C)cc2N1C. The Bertz CT molecular complexity index is 537. The van der Waals surface area contributed by atoms with Gasteiger partial charge < -0.3 is 4.90 Å². The van der Waals surface area contributed by atoms with Crippen LogP contribution in [0.2, 0.25) is 0 Å². The maximum absolute atomic E-state index is 12.0. The average Bonchev–Trinajstić information content (AvgIpc) is 2.54. The molecule has 0 saturated carbocycles. The maximum Gasteiger partial charge on any atom is 0.242 e. The van der Waals surface area contributed by atoms with Crippen LogP contribution < -0.4 is 4.90 Å². The van der Waals surface area contributed by atoms with E-state index < -0.39 is 10.0 Å². The standard InChI is InChI=1S/C12H18N2O2S/c1-9-7-10-5-6-11(8-12(10)14(9)4)17(15,16)13(2)3/h5-6,8-9H,7H2,1-4H3. The lowest BCUT2D eigenvalue weighted by molar-refractivity contribution is 0.521. The van der Waals surface area contributed by atoms with Crippen LogP contribution >= 0.6 is 0 Å². The van der Waals surface area contributed by atoms with E-state index in [1.54, 1.807) is 26.2 Å². The highest BCUT2D eigenvalue weighted by atomic mass is 32.2. The summed E-state index contributed by atoms with van der Waals surface area (Å²) in [4.78, 5) is 2.49. The Balaban J connectivity index is 2.50. The van der Waals surface area contributed by atoms with Gasteiger partial charge in [0.05, 0.1) is 4.90 Å². The van der Waals surface area contributed by atoms with E-state index in [9.17, 15) is 8.42 Å². The van der Waals surface area contributed by atoms with E-state index in [1.807, 2.05) is 13.1 Å². The summed E-state index contributed by atoms with van der Waals surface area (Å²) in [6, 6.07) is 5.82. The molecule has 5 heteroatoms. The van der Waals surface area contributed by atoms with Gasteiger partial charge in [-0.05, 0) is 31.0 Å². The van der Waals surface area contributed by atoms with E-state index >= 15 is 0 Å². The van der Waals surface area contributed by atoms with Crippen molar-refractivity contribution in [1.82, 2.24) is 4.31 Å². The quantitative estimate of drug-likeness (QED) is 0.799. The van der Waals surface area contributed by atoms with Crippen molar-refractivity contribution in [2.75, 3.05) is 26.0 Å². The predicted octanol–water partition coefficient (Wildman–Crippen LogP) is 1.32. The molecule has 1 atom stereocenters. The number of likely N-dealkylation sites (N-methyl/N-ethyl adjacent to an activating group) is 1. The number of rotatable bonds is 2. The molecule has 0 bridgehead atoms. The van der Waals surface area contributed by atoms with Crippen molar-refractivity contribution in [1.29, 1.82) is 0 Å². The number of benzene rings is 1. The van der Waals surface area contributed by atoms with Gasteiger partial charge in [0.2, 0.25) is 10.0 Å². The second-order valence-corrected chi connectivity index (χ2v) is 6.89. The van der Waals surface area contributed by atoms with E-state index in [0.29, 0.717) is 10.9 Å². The monoisotopic (exact) mass is 254 g/mol. The molecule has 0 amide bonds. The van der Waals surface area contributed by atoms with Crippen molar-refractivity contribution < 1.29 is 8.42 Å². The van der Waals surface area contributed by atoms with Gasteiger partial charge in [0.15, 0.2) is 0 Å². The number of nitrogens with zero attached hydrogens (tertiary/aromatic N) is 2. The third-order valence-corrected chi connectivity index (χ3v) is 5.20. The van der Waals surface area contributed by atoms with Crippen molar-refractivity contribution in [3.63, 3.8) is 0 Å². The second kappa shape index (κ2) is 3.99. The van der Waals surface area contributed by atoms with Crippen LogP contribution in [0.25, 0.3) is 0 Å². The normalized spacial score (nSPS) is 19.8. The highest BCUT2D eigenvalue weighted by Crippen LogP contribution is 2.33. The molecule has 4 nitrogen and oxygen atoms in total. The van der Waals surface area contributed by atoms with Crippen molar-refractivity contribution in [3.8, 4) is 0 Å². The Morgan fingerprint density at radius 2 is 2.00 bits per heavy atom. The molecule has 1 aliphatic rings. The second-order valence-electron chi connectivity index (χ2n) is 4.74. The van der Waals surface area contributed by atoms with Gasteiger partial charge in [0.25, 0.3) is 0 Å². The number of fused-ring (bicyclic) bond motifs is 1. The molecule has 1 unspecified atom stereocenters. The van der Waals surface area contributed by atoms with Crippen molar-refractivity contribution in [2.45, 2.75) is 24.3 Å². The third kappa shape index (κ3) is 1.93. The predicted molar refractivity (Wildman–Crippen MR) is 68.9 cm³/mol. The molecule has 1 aromatic carbocycles. The van der Waals surface area contributed by atoms with Crippen LogP contribution in [0.1, 0.15) is 12.5 Å². The Morgan fingerprint density at radius 1 is 1.35 bits per heavy atom. The van der Waals surface area contributed by atoms with Gasteiger partial charge in [-0.3, -0.25) is 0 Å². The molecule has 0 saturated heterocycles. The minimum absolute atomic E-state index is 0.363. The Kier molecular flexibility index (Phi) is 2.91. The average molecular weight is 254 g/mol. The van der Waals surface area contributed by atoms with Crippen LogP contribution in [0.5, 0.6) is 0 Å². The lowest BCUT2D eigenvalue weighted by atomic mass is 10.1.